The van der Waals surface area contributed by atoms with Gasteiger partial charge in [-0.3, -0.25) is 4.84 Å². The predicted octanol–water partition coefficient (Wildman–Crippen LogP) is 2.66. The first-order valence-corrected chi connectivity index (χ1v) is 6.25. The fraction of sp³-hybridized carbons (Fsp3) is 0.917. The van der Waals surface area contributed by atoms with E-state index in [2.05, 4.69) is 6.92 Å². The third-order valence-corrected chi connectivity index (χ3v) is 3.12. The first-order valence-electron chi connectivity index (χ1n) is 6.25. The van der Waals surface area contributed by atoms with E-state index in [1.165, 1.54) is 45.4 Å². The summed E-state index contributed by atoms with van der Waals surface area (Å²) in [6, 6.07) is 0. The number of carbonyl (C=O) groups excluding carboxylic acids is 1. The highest BCUT2D eigenvalue weighted by molar-refractivity contribution is 5.65. The van der Waals surface area contributed by atoms with E-state index in [4.69, 9.17) is 4.84 Å². The van der Waals surface area contributed by atoms with Crippen molar-refractivity contribution >= 4 is 5.97 Å². The number of rotatable bonds is 6. The van der Waals surface area contributed by atoms with Crippen LogP contribution in [-0.2, 0) is 9.63 Å². The fourth-order valence-corrected chi connectivity index (χ4v) is 2.37. The standard InChI is InChI=1S/C12H24NO2/c1-3-4-5-6-9-13(15-12(2)14)10-7-8-11-13/h3-11H2,1-2H3/q+1. The maximum atomic E-state index is 11.1. The Balaban J connectivity index is 2.32. The van der Waals surface area contributed by atoms with Crippen LogP contribution in [0.4, 0.5) is 0 Å². The van der Waals surface area contributed by atoms with Crippen molar-refractivity contribution in [3.8, 4) is 0 Å². The second-order valence-corrected chi connectivity index (χ2v) is 4.58. The van der Waals surface area contributed by atoms with Crippen molar-refractivity contribution in [2.45, 2.75) is 52.4 Å². The van der Waals surface area contributed by atoms with Gasteiger partial charge in [-0.05, 0) is 6.42 Å². The van der Waals surface area contributed by atoms with E-state index >= 15 is 0 Å². The summed E-state index contributed by atoms with van der Waals surface area (Å²) in [5.74, 6) is -0.132. The third-order valence-electron chi connectivity index (χ3n) is 3.12. The van der Waals surface area contributed by atoms with Gasteiger partial charge in [0, 0.05) is 26.2 Å². The molecule has 0 atom stereocenters. The molecule has 0 aromatic carbocycles. The number of hydrogen-bond donors (Lipinski definition) is 0. The molecule has 0 aliphatic carbocycles. The van der Waals surface area contributed by atoms with Crippen molar-refractivity contribution in [1.29, 1.82) is 0 Å². The zero-order valence-corrected chi connectivity index (χ0v) is 10.1. The molecule has 0 bridgehead atoms. The second-order valence-electron chi connectivity index (χ2n) is 4.58. The van der Waals surface area contributed by atoms with Crippen LogP contribution in [-0.4, -0.2) is 30.2 Å². The van der Waals surface area contributed by atoms with E-state index < -0.39 is 0 Å². The molecule has 3 heteroatoms. The average molecular weight is 214 g/mol. The molecular weight excluding hydrogens is 190 g/mol. The Bertz CT molecular complexity index is 198. The SMILES string of the molecule is CCCCCC[N+]1(OC(C)=O)CCCC1. The minimum absolute atomic E-state index is 0.132. The van der Waals surface area contributed by atoms with Crippen LogP contribution in [0, 0.1) is 0 Å². The van der Waals surface area contributed by atoms with Gasteiger partial charge < -0.3 is 0 Å². The molecule has 88 valence electrons. The lowest BCUT2D eigenvalue weighted by atomic mass is 10.2. The highest BCUT2D eigenvalue weighted by Crippen LogP contribution is 2.21. The number of carbonyl (C=O) groups is 1. The zero-order valence-electron chi connectivity index (χ0n) is 10.1. The van der Waals surface area contributed by atoms with Gasteiger partial charge in [0.1, 0.15) is 19.6 Å². The molecule has 1 aliphatic rings. The summed E-state index contributed by atoms with van der Waals surface area (Å²) in [6.07, 6.45) is 7.38. The van der Waals surface area contributed by atoms with Gasteiger partial charge in [-0.1, -0.05) is 19.8 Å². The Morgan fingerprint density at radius 1 is 1.20 bits per heavy atom. The quantitative estimate of drug-likeness (QED) is 0.502. The van der Waals surface area contributed by atoms with Crippen LogP contribution in [0.25, 0.3) is 0 Å². The Morgan fingerprint density at radius 3 is 2.40 bits per heavy atom. The van der Waals surface area contributed by atoms with Gasteiger partial charge in [-0.2, -0.15) is 0 Å². The van der Waals surface area contributed by atoms with Gasteiger partial charge in [0.05, 0.1) is 0 Å². The number of unbranched alkanes of at least 4 members (excludes halogenated alkanes) is 3. The van der Waals surface area contributed by atoms with Gasteiger partial charge >= 0.3 is 5.97 Å². The molecule has 15 heavy (non-hydrogen) atoms. The van der Waals surface area contributed by atoms with Crippen LogP contribution in [0.1, 0.15) is 52.4 Å². The Hall–Kier alpha value is -0.570. The number of hydrogen-bond acceptors (Lipinski definition) is 2. The average Bonchev–Trinajstić information content (AvgIpc) is 2.61. The van der Waals surface area contributed by atoms with Crippen LogP contribution in [0.5, 0.6) is 0 Å². The maximum Gasteiger partial charge on any atom is 0.363 e. The zero-order chi connectivity index (χ0) is 11.1. The molecule has 0 amide bonds. The smallest absolute Gasteiger partial charge is 0.277 e. The first-order chi connectivity index (χ1) is 7.18. The van der Waals surface area contributed by atoms with Crippen molar-refractivity contribution in [2.24, 2.45) is 0 Å². The van der Waals surface area contributed by atoms with Crippen LogP contribution < -0.4 is 0 Å². The maximum absolute atomic E-state index is 11.1. The van der Waals surface area contributed by atoms with Gasteiger partial charge in [-0.25, -0.2) is 4.79 Å². The first kappa shape index (κ1) is 12.5. The third kappa shape index (κ3) is 4.20. The Morgan fingerprint density at radius 2 is 1.87 bits per heavy atom. The molecule has 0 spiro atoms. The molecule has 0 radical (unpaired) electrons. The minimum atomic E-state index is -0.132. The van der Waals surface area contributed by atoms with Gasteiger partial charge in [0.25, 0.3) is 0 Å². The van der Waals surface area contributed by atoms with Crippen molar-refractivity contribution in [2.75, 3.05) is 19.6 Å². The fourth-order valence-electron chi connectivity index (χ4n) is 2.37. The van der Waals surface area contributed by atoms with Crippen molar-refractivity contribution < 1.29 is 14.3 Å². The van der Waals surface area contributed by atoms with Crippen LogP contribution in [0.2, 0.25) is 0 Å². The number of nitrogens with zero attached hydrogens (tertiary/aromatic N) is 1. The Labute approximate surface area is 92.9 Å². The summed E-state index contributed by atoms with van der Waals surface area (Å²) in [7, 11) is 0. The lowest BCUT2D eigenvalue weighted by molar-refractivity contribution is -1.08. The van der Waals surface area contributed by atoms with E-state index in [-0.39, 0.29) is 5.97 Å². The van der Waals surface area contributed by atoms with E-state index in [0.717, 1.165) is 19.6 Å². The molecule has 0 saturated carbocycles. The monoisotopic (exact) mass is 214 g/mol. The largest absolute Gasteiger partial charge is 0.363 e. The van der Waals surface area contributed by atoms with E-state index in [9.17, 15) is 4.79 Å². The molecule has 1 heterocycles. The minimum Gasteiger partial charge on any atom is -0.277 e. The molecule has 0 N–H and O–H groups in total. The molecule has 1 saturated heterocycles. The lowest BCUT2D eigenvalue weighted by Gasteiger charge is -2.29. The van der Waals surface area contributed by atoms with Gasteiger partial charge in [-0.15, -0.1) is 4.65 Å². The molecule has 1 fully saturated rings. The van der Waals surface area contributed by atoms with E-state index in [1.54, 1.807) is 0 Å². The van der Waals surface area contributed by atoms with E-state index in [1.807, 2.05) is 0 Å². The van der Waals surface area contributed by atoms with Gasteiger partial charge in [0.2, 0.25) is 0 Å². The summed E-state index contributed by atoms with van der Waals surface area (Å²) >= 11 is 0. The number of quaternary nitrogens is 1. The molecule has 3 nitrogen and oxygen atoms in total. The number of likely N-dealkylation sites (tertiary alicyclic amines) is 1. The lowest BCUT2D eigenvalue weighted by Crippen LogP contribution is -2.47. The summed E-state index contributed by atoms with van der Waals surface area (Å²) in [5.41, 5.74) is 0. The topological polar surface area (TPSA) is 26.3 Å². The molecule has 0 aromatic rings. The van der Waals surface area contributed by atoms with Crippen molar-refractivity contribution in [3.63, 3.8) is 0 Å². The highest BCUT2D eigenvalue weighted by atomic mass is 16.7. The summed E-state index contributed by atoms with van der Waals surface area (Å²) in [4.78, 5) is 16.5. The van der Waals surface area contributed by atoms with Gasteiger partial charge in [0.15, 0.2) is 0 Å². The van der Waals surface area contributed by atoms with Crippen LogP contribution in [0.15, 0.2) is 0 Å². The summed E-state index contributed by atoms with van der Waals surface area (Å²) in [5, 5.41) is 0. The van der Waals surface area contributed by atoms with Crippen LogP contribution >= 0.6 is 0 Å². The van der Waals surface area contributed by atoms with Crippen LogP contribution in [0.3, 0.4) is 0 Å². The molecule has 1 aliphatic heterocycles. The normalized spacial score (nSPS) is 19.1. The molecule has 0 unspecified atom stereocenters. The molecule has 1 rings (SSSR count). The summed E-state index contributed by atoms with van der Waals surface area (Å²) < 4.78 is 0.596. The summed E-state index contributed by atoms with van der Waals surface area (Å²) in [6.45, 7) is 6.79. The van der Waals surface area contributed by atoms with Crippen molar-refractivity contribution in [3.05, 3.63) is 0 Å². The molecule has 0 aromatic heterocycles. The van der Waals surface area contributed by atoms with Crippen molar-refractivity contribution in [1.82, 2.24) is 0 Å². The Kier molecular flexibility index (Phi) is 5.09. The number of hydroxylamine groups is 3. The predicted molar refractivity (Wildman–Crippen MR) is 60.0 cm³/mol. The second kappa shape index (κ2) is 6.11. The highest BCUT2D eigenvalue weighted by Gasteiger charge is 2.35. The van der Waals surface area contributed by atoms with E-state index in [0.29, 0.717) is 4.65 Å². The molecular formula is C12H24NO2+.